The van der Waals surface area contributed by atoms with Crippen LogP contribution >= 0.6 is 0 Å². The standard InChI is InChI=1S/C34H48FN3O6/c1-23-5-7-29(39)19-31(40)44-32(24(2)6-8-30(23)43-33(41)37-13-11-36(4)12-14-37)25(3)15-26-16-27(35)18-28(17-26)38-10-9-34(20-38)21-42-22-34/h6,8,15-18,23-24,29-30,32,39H,5,7,9-14,19-22H2,1-4H3/b8-6-,25-15+/t23-,24-,29+,30-,32-/m0/s1. The van der Waals surface area contributed by atoms with Gasteiger partial charge in [-0.2, -0.15) is 0 Å². The molecule has 0 bridgehead atoms. The molecule has 4 aliphatic rings. The third kappa shape index (κ3) is 8.00. The molecule has 3 saturated heterocycles. The third-order valence-corrected chi connectivity index (χ3v) is 9.63. The molecule has 0 aliphatic carbocycles. The van der Waals surface area contributed by atoms with Gasteiger partial charge in [-0.1, -0.05) is 26.0 Å². The Morgan fingerprint density at radius 3 is 2.52 bits per heavy atom. The first-order valence-electron chi connectivity index (χ1n) is 16.0. The Hall–Kier alpha value is -2.95. The molecule has 3 fully saturated rings. The van der Waals surface area contributed by atoms with E-state index >= 15 is 0 Å². The van der Waals surface area contributed by atoms with Crippen molar-refractivity contribution in [3.05, 3.63) is 47.3 Å². The van der Waals surface area contributed by atoms with E-state index in [0.29, 0.717) is 31.5 Å². The smallest absolute Gasteiger partial charge is 0.410 e. The monoisotopic (exact) mass is 613 g/mol. The molecule has 0 saturated carbocycles. The van der Waals surface area contributed by atoms with Crippen LogP contribution in [0.2, 0.25) is 0 Å². The lowest BCUT2D eigenvalue weighted by Gasteiger charge is -2.37. The van der Waals surface area contributed by atoms with E-state index in [9.17, 15) is 19.1 Å². The predicted molar refractivity (Wildman–Crippen MR) is 167 cm³/mol. The van der Waals surface area contributed by atoms with Gasteiger partial charge in [-0.25, -0.2) is 9.18 Å². The van der Waals surface area contributed by atoms with E-state index in [1.165, 1.54) is 6.07 Å². The second-order valence-corrected chi connectivity index (χ2v) is 13.5. The number of halogens is 1. The maximum atomic E-state index is 14.8. The summed E-state index contributed by atoms with van der Waals surface area (Å²) in [4.78, 5) is 32.1. The van der Waals surface area contributed by atoms with E-state index in [-0.39, 0.29) is 35.6 Å². The fourth-order valence-electron chi connectivity index (χ4n) is 6.62. The fraction of sp³-hybridized carbons (Fsp3) is 0.647. The van der Waals surface area contributed by atoms with E-state index in [1.54, 1.807) is 11.0 Å². The zero-order valence-electron chi connectivity index (χ0n) is 26.5. The van der Waals surface area contributed by atoms with Gasteiger partial charge in [0.2, 0.25) is 0 Å². The number of aliphatic hydroxyl groups excluding tert-OH is 1. The van der Waals surface area contributed by atoms with Crippen LogP contribution in [0.4, 0.5) is 14.9 Å². The molecule has 242 valence electrons. The van der Waals surface area contributed by atoms with Crippen molar-refractivity contribution in [2.45, 2.75) is 64.8 Å². The minimum atomic E-state index is -0.863. The Morgan fingerprint density at radius 1 is 1.09 bits per heavy atom. The highest BCUT2D eigenvalue weighted by molar-refractivity contribution is 5.71. The van der Waals surface area contributed by atoms with Gasteiger partial charge < -0.3 is 34.0 Å². The number of esters is 1. The molecule has 5 rings (SSSR count). The van der Waals surface area contributed by atoms with Gasteiger partial charge in [0.15, 0.2) is 0 Å². The minimum absolute atomic E-state index is 0.0583. The average molecular weight is 614 g/mol. The molecule has 0 unspecified atom stereocenters. The van der Waals surface area contributed by atoms with Gasteiger partial charge in [-0.15, -0.1) is 0 Å². The highest BCUT2D eigenvalue weighted by Crippen LogP contribution is 2.40. The molecule has 1 aromatic rings. The Kier molecular flexibility index (Phi) is 10.3. The third-order valence-electron chi connectivity index (χ3n) is 9.63. The van der Waals surface area contributed by atoms with Gasteiger partial charge in [-0.05, 0) is 74.6 Å². The number of carbonyl (C=O) groups excluding carboxylic acids is 2. The van der Waals surface area contributed by atoms with E-state index in [2.05, 4.69) is 9.80 Å². The van der Waals surface area contributed by atoms with E-state index in [4.69, 9.17) is 14.2 Å². The zero-order valence-corrected chi connectivity index (χ0v) is 26.5. The molecule has 4 heterocycles. The average Bonchev–Trinajstić information content (AvgIpc) is 3.43. The van der Waals surface area contributed by atoms with Crippen LogP contribution in [0.15, 0.2) is 35.9 Å². The summed E-state index contributed by atoms with van der Waals surface area (Å²) in [5.74, 6) is -1.13. The van der Waals surface area contributed by atoms with Crippen LogP contribution in [0, 0.1) is 23.1 Å². The number of cyclic esters (lactones) is 1. The topological polar surface area (TPSA) is 91.8 Å². The lowest BCUT2D eigenvalue weighted by Crippen LogP contribution is -2.48. The van der Waals surface area contributed by atoms with Crippen molar-refractivity contribution in [1.82, 2.24) is 9.80 Å². The Labute approximate surface area is 260 Å². The first-order valence-corrected chi connectivity index (χ1v) is 16.0. The highest BCUT2D eigenvalue weighted by atomic mass is 19.1. The molecule has 1 aromatic carbocycles. The summed E-state index contributed by atoms with van der Waals surface area (Å²) in [7, 11) is 2.03. The van der Waals surface area contributed by atoms with Crippen molar-refractivity contribution in [3.8, 4) is 0 Å². The summed E-state index contributed by atoms with van der Waals surface area (Å²) in [5.41, 5.74) is 2.46. The number of amides is 1. The lowest BCUT2D eigenvalue weighted by molar-refractivity contribution is -0.151. The van der Waals surface area contributed by atoms with Crippen LogP contribution in [0.3, 0.4) is 0 Å². The summed E-state index contributed by atoms with van der Waals surface area (Å²) < 4.78 is 32.2. The number of piperazine rings is 1. The first kappa shape index (κ1) is 32.4. The van der Waals surface area contributed by atoms with Crippen LogP contribution in [0.25, 0.3) is 6.08 Å². The summed E-state index contributed by atoms with van der Waals surface area (Å²) in [6, 6.07) is 5.03. The van der Waals surface area contributed by atoms with Gasteiger partial charge in [0.1, 0.15) is 18.0 Å². The van der Waals surface area contributed by atoms with Gasteiger partial charge >= 0.3 is 12.1 Å². The van der Waals surface area contributed by atoms with Crippen molar-refractivity contribution in [2.24, 2.45) is 17.3 Å². The normalized spacial score (nSPS) is 31.1. The summed E-state index contributed by atoms with van der Waals surface area (Å²) in [6.45, 7) is 11.9. The second-order valence-electron chi connectivity index (χ2n) is 13.5. The summed E-state index contributed by atoms with van der Waals surface area (Å²) >= 11 is 0. The van der Waals surface area contributed by atoms with E-state index in [0.717, 1.165) is 57.1 Å². The SMILES string of the molecule is C/C(=C\c1cc(F)cc(N2CCC3(COC3)C2)c1)[C@H]1OC(=O)C[C@H](O)CC[C@H](C)[C@@H](OC(=O)N2CCN(C)CC2)/C=C\[C@@H]1C. The Morgan fingerprint density at radius 2 is 1.84 bits per heavy atom. The first-order chi connectivity index (χ1) is 21.0. The maximum absolute atomic E-state index is 14.8. The number of aliphatic hydroxyl groups is 1. The molecule has 0 aromatic heterocycles. The fourth-order valence-corrected chi connectivity index (χ4v) is 6.62. The molecule has 1 amide bonds. The van der Waals surface area contributed by atoms with Crippen LogP contribution in [-0.4, -0.2) is 105 Å². The molecule has 10 heteroatoms. The number of hydrogen-bond acceptors (Lipinski definition) is 8. The summed E-state index contributed by atoms with van der Waals surface area (Å²) in [6.07, 6.45) is 5.23. The number of benzene rings is 1. The molecule has 1 N–H and O–H groups in total. The van der Waals surface area contributed by atoms with Crippen molar-refractivity contribution < 1.29 is 33.3 Å². The molecule has 1 spiro atoms. The van der Waals surface area contributed by atoms with Gasteiger partial charge in [0.05, 0.1) is 25.7 Å². The maximum Gasteiger partial charge on any atom is 0.410 e. The van der Waals surface area contributed by atoms with Crippen molar-refractivity contribution in [1.29, 1.82) is 0 Å². The largest absolute Gasteiger partial charge is 0.457 e. The Balaban J connectivity index is 1.35. The number of rotatable bonds is 4. The number of hydrogen-bond donors (Lipinski definition) is 1. The van der Waals surface area contributed by atoms with Gasteiger partial charge in [0, 0.05) is 56.3 Å². The number of ether oxygens (including phenoxy) is 3. The van der Waals surface area contributed by atoms with E-state index in [1.807, 2.05) is 52.1 Å². The summed E-state index contributed by atoms with van der Waals surface area (Å²) in [5, 5.41) is 10.6. The molecule has 9 nitrogen and oxygen atoms in total. The molecule has 44 heavy (non-hydrogen) atoms. The van der Waals surface area contributed by atoms with Crippen molar-refractivity contribution >= 4 is 23.8 Å². The minimum Gasteiger partial charge on any atom is -0.457 e. The second kappa shape index (κ2) is 14.0. The quantitative estimate of drug-likeness (QED) is 0.393. The molecular formula is C34H48FN3O6. The molecule has 0 radical (unpaired) electrons. The van der Waals surface area contributed by atoms with E-state index < -0.39 is 24.3 Å². The number of anilines is 1. The zero-order chi connectivity index (χ0) is 31.4. The molecule has 4 aliphatic heterocycles. The lowest BCUT2D eigenvalue weighted by atomic mass is 9.85. The molecular weight excluding hydrogens is 565 g/mol. The van der Waals surface area contributed by atoms with Crippen LogP contribution < -0.4 is 4.90 Å². The number of nitrogens with zero attached hydrogens (tertiary/aromatic N) is 3. The van der Waals surface area contributed by atoms with Gasteiger partial charge in [-0.3, -0.25) is 4.79 Å². The number of likely N-dealkylation sites (N-methyl/N-ethyl adjacent to an activating group) is 1. The van der Waals surface area contributed by atoms with Crippen LogP contribution in [0.5, 0.6) is 0 Å². The van der Waals surface area contributed by atoms with Crippen LogP contribution in [-0.2, 0) is 19.0 Å². The van der Waals surface area contributed by atoms with Crippen LogP contribution in [0.1, 0.15) is 52.0 Å². The number of carbonyl (C=O) groups is 2. The molecule has 5 atom stereocenters. The predicted octanol–water partition coefficient (Wildman–Crippen LogP) is 4.49. The Bertz CT molecular complexity index is 1240. The van der Waals surface area contributed by atoms with Gasteiger partial charge in [0.25, 0.3) is 0 Å². The van der Waals surface area contributed by atoms with Crippen molar-refractivity contribution in [2.75, 3.05) is 64.4 Å². The van der Waals surface area contributed by atoms with Crippen molar-refractivity contribution in [3.63, 3.8) is 0 Å². The highest BCUT2D eigenvalue weighted by Gasteiger charge is 2.44.